The van der Waals surface area contributed by atoms with Crippen molar-refractivity contribution < 1.29 is 19.1 Å². The SMILES string of the molecule is CCOc1c(Cl)cc(Cl)cc1C=C1C(=O)N(c2ccccc2)C(=O)N(c2ccccc2)C1=O. The second-order valence-electron chi connectivity index (χ2n) is 7.03. The summed E-state index contributed by atoms with van der Waals surface area (Å²) in [6.45, 7) is 2.09. The van der Waals surface area contributed by atoms with Gasteiger partial charge in [0.05, 0.1) is 23.0 Å². The number of anilines is 2. The highest BCUT2D eigenvalue weighted by molar-refractivity contribution is 6.46. The van der Waals surface area contributed by atoms with Gasteiger partial charge in [-0.2, -0.15) is 0 Å². The van der Waals surface area contributed by atoms with Gasteiger partial charge in [0.1, 0.15) is 11.3 Å². The van der Waals surface area contributed by atoms with Crippen LogP contribution in [-0.4, -0.2) is 24.5 Å². The van der Waals surface area contributed by atoms with Crippen molar-refractivity contribution in [3.8, 4) is 5.75 Å². The molecular formula is C25H18Cl2N2O4. The van der Waals surface area contributed by atoms with Gasteiger partial charge in [0, 0.05) is 10.6 Å². The number of urea groups is 1. The molecule has 1 aliphatic rings. The van der Waals surface area contributed by atoms with Crippen molar-refractivity contribution in [2.75, 3.05) is 16.4 Å². The molecule has 6 nitrogen and oxygen atoms in total. The van der Waals surface area contributed by atoms with Crippen molar-refractivity contribution in [3.63, 3.8) is 0 Å². The molecule has 0 aliphatic carbocycles. The molecule has 3 aromatic rings. The van der Waals surface area contributed by atoms with Crippen LogP contribution in [0.3, 0.4) is 0 Å². The maximum absolute atomic E-state index is 13.4. The molecule has 4 rings (SSSR count). The first-order valence-electron chi connectivity index (χ1n) is 10.1. The summed E-state index contributed by atoms with van der Waals surface area (Å²) in [6.07, 6.45) is 1.35. The quantitative estimate of drug-likeness (QED) is 0.333. The highest BCUT2D eigenvalue weighted by atomic mass is 35.5. The molecule has 0 unspecified atom stereocenters. The minimum Gasteiger partial charge on any atom is -0.492 e. The summed E-state index contributed by atoms with van der Waals surface area (Å²) < 4.78 is 5.63. The van der Waals surface area contributed by atoms with Crippen LogP contribution in [0.15, 0.2) is 78.4 Å². The zero-order valence-electron chi connectivity index (χ0n) is 17.5. The number of amides is 4. The van der Waals surface area contributed by atoms with Gasteiger partial charge in [0.15, 0.2) is 0 Å². The molecule has 0 atom stereocenters. The van der Waals surface area contributed by atoms with Gasteiger partial charge >= 0.3 is 6.03 Å². The van der Waals surface area contributed by atoms with Crippen molar-refractivity contribution in [3.05, 3.63) is 94.0 Å². The normalized spacial score (nSPS) is 14.0. The van der Waals surface area contributed by atoms with Crippen molar-refractivity contribution in [1.29, 1.82) is 0 Å². The first-order valence-corrected chi connectivity index (χ1v) is 10.8. The van der Waals surface area contributed by atoms with E-state index in [0.29, 0.717) is 28.6 Å². The van der Waals surface area contributed by atoms with E-state index >= 15 is 0 Å². The van der Waals surface area contributed by atoms with Gasteiger partial charge in [-0.05, 0) is 49.4 Å². The Bertz CT molecular complexity index is 1200. The van der Waals surface area contributed by atoms with E-state index < -0.39 is 17.8 Å². The van der Waals surface area contributed by atoms with Crippen molar-refractivity contribution in [2.45, 2.75) is 6.92 Å². The van der Waals surface area contributed by atoms with E-state index in [1.165, 1.54) is 12.1 Å². The summed E-state index contributed by atoms with van der Waals surface area (Å²) in [4.78, 5) is 42.2. The fourth-order valence-corrected chi connectivity index (χ4v) is 4.04. The third-order valence-corrected chi connectivity index (χ3v) is 5.40. The lowest BCUT2D eigenvalue weighted by Gasteiger charge is -2.34. The Balaban J connectivity index is 1.91. The first kappa shape index (κ1) is 22.6. The molecule has 1 aliphatic heterocycles. The molecule has 1 heterocycles. The maximum atomic E-state index is 13.4. The zero-order valence-corrected chi connectivity index (χ0v) is 19.0. The van der Waals surface area contributed by atoms with E-state index in [0.717, 1.165) is 9.80 Å². The van der Waals surface area contributed by atoms with E-state index in [9.17, 15) is 14.4 Å². The van der Waals surface area contributed by atoms with Gasteiger partial charge in [0.25, 0.3) is 11.8 Å². The number of hydrogen-bond acceptors (Lipinski definition) is 4. The van der Waals surface area contributed by atoms with E-state index in [2.05, 4.69) is 0 Å². The molecule has 0 spiro atoms. The van der Waals surface area contributed by atoms with Crippen LogP contribution in [-0.2, 0) is 9.59 Å². The average Bonchev–Trinajstić information content (AvgIpc) is 2.80. The Morgan fingerprint density at radius 2 is 1.33 bits per heavy atom. The number of carbonyl (C=O) groups is 3. The Kier molecular flexibility index (Phi) is 6.49. The summed E-state index contributed by atoms with van der Waals surface area (Å²) in [7, 11) is 0. The number of barbiturate groups is 1. The topological polar surface area (TPSA) is 66.9 Å². The molecule has 4 amide bonds. The number of rotatable bonds is 5. The van der Waals surface area contributed by atoms with Crippen LogP contribution in [0.5, 0.6) is 5.75 Å². The molecule has 0 N–H and O–H groups in total. The number of halogens is 2. The molecule has 0 bridgehead atoms. The standard InChI is InChI=1S/C25H18Cl2N2O4/c1-2-33-22-16(13-17(26)15-21(22)27)14-20-23(30)28(18-9-5-3-6-10-18)25(32)29(24(20)31)19-11-7-4-8-12-19/h3-15H,2H2,1H3. The number of nitrogens with zero attached hydrogens (tertiary/aromatic N) is 2. The number of para-hydroxylation sites is 2. The monoisotopic (exact) mass is 480 g/mol. The zero-order chi connectivity index (χ0) is 23.5. The molecular weight excluding hydrogens is 463 g/mol. The van der Waals surface area contributed by atoms with Crippen molar-refractivity contribution in [2.24, 2.45) is 0 Å². The van der Waals surface area contributed by atoms with E-state index in [1.54, 1.807) is 73.7 Å². The number of hydrogen-bond donors (Lipinski definition) is 0. The van der Waals surface area contributed by atoms with Crippen molar-refractivity contribution >= 4 is 58.5 Å². The summed E-state index contributed by atoms with van der Waals surface area (Å²) in [5.74, 6) is -1.24. The van der Waals surface area contributed by atoms with Gasteiger partial charge in [-0.1, -0.05) is 59.6 Å². The molecule has 3 aromatic carbocycles. The van der Waals surface area contributed by atoms with Gasteiger partial charge in [-0.3, -0.25) is 9.59 Å². The molecule has 8 heteroatoms. The van der Waals surface area contributed by atoms with Crippen LogP contribution >= 0.6 is 23.2 Å². The molecule has 166 valence electrons. The van der Waals surface area contributed by atoms with Crippen LogP contribution in [0.1, 0.15) is 12.5 Å². The highest BCUT2D eigenvalue weighted by Crippen LogP contribution is 2.36. The fraction of sp³-hybridized carbons (Fsp3) is 0.0800. The number of benzene rings is 3. The van der Waals surface area contributed by atoms with Crippen LogP contribution < -0.4 is 14.5 Å². The fourth-order valence-electron chi connectivity index (χ4n) is 3.48. The summed E-state index contributed by atoms with van der Waals surface area (Å²) in [5, 5.41) is 0.546. The Hall–Kier alpha value is -3.61. The molecule has 1 fully saturated rings. The van der Waals surface area contributed by atoms with Gasteiger partial charge in [-0.25, -0.2) is 14.6 Å². The minimum atomic E-state index is -0.770. The number of imide groups is 2. The van der Waals surface area contributed by atoms with Crippen LogP contribution in [0.25, 0.3) is 6.08 Å². The van der Waals surface area contributed by atoms with Crippen LogP contribution in [0.4, 0.5) is 16.2 Å². The lowest BCUT2D eigenvalue weighted by Crippen LogP contribution is -2.57. The minimum absolute atomic E-state index is 0.235. The average molecular weight is 481 g/mol. The van der Waals surface area contributed by atoms with Gasteiger partial charge in [0.2, 0.25) is 0 Å². The Morgan fingerprint density at radius 3 is 1.82 bits per heavy atom. The van der Waals surface area contributed by atoms with Crippen LogP contribution in [0, 0.1) is 0 Å². The second-order valence-corrected chi connectivity index (χ2v) is 7.88. The second kappa shape index (κ2) is 9.48. The summed E-state index contributed by atoms with van der Waals surface area (Å²) in [6, 6.07) is 19.1. The largest absolute Gasteiger partial charge is 0.492 e. The Labute approximate surface area is 200 Å². The molecule has 0 saturated carbocycles. The number of ether oxygens (including phenoxy) is 1. The van der Waals surface area contributed by atoms with Crippen molar-refractivity contribution in [1.82, 2.24) is 0 Å². The molecule has 33 heavy (non-hydrogen) atoms. The Morgan fingerprint density at radius 1 is 0.818 bits per heavy atom. The molecule has 1 saturated heterocycles. The third kappa shape index (κ3) is 4.35. The smallest absolute Gasteiger partial charge is 0.343 e. The van der Waals surface area contributed by atoms with E-state index in [1.807, 2.05) is 0 Å². The van der Waals surface area contributed by atoms with E-state index in [-0.39, 0.29) is 16.3 Å². The summed E-state index contributed by atoms with van der Waals surface area (Å²) in [5.41, 5.74) is 0.782. The first-order chi connectivity index (χ1) is 15.9. The third-order valence-electron chi connectivity index (χ3n) is 4.90. The maximum Gasteiger partial charge on any atom is 0.343 e. The van der Waals surface area contributed by atoms with E-state index in [4.69, 9.17) is 27.9 Å². The highest BCUT2D eigenvalue weighted by Gasteiger charge is 2.43. The van der Waals surface area contributed by atoms with Crippen LogP contribution in [0.2, 0.25) is 10.0 Å². The predicted molar refractivity (Wildman–Crippen MR) is 129 cm³/mol. The molecule has 0 radical (unpaired) electrons. The summed E-state index contributed by atoms with van der Waals surface area (Å²) >= 11 is 12.5. The lowest BCUT2D eigenvalue weighted by atomic mass is 10.0. The number of carbonyl (C=O) groups excluding carboxylic acids is 3. The predicted octanol–water partition coefficient (Wildman–Crippen LogP) is 5.98. The molecule has 0 aromatic heterocycles. The van der Waals surface area contributed by atoms with Gasteiger partial charge < -0.3 is 4.74 Å². The lowest BCUT2D eigenvalue weighted by molar-refractivity contribution is -0.121. The van der Waals surface area contributed by atoms with Gasteiger partial charge in [-0.15, -0.1) is 0 Å².